The topological polar surface area (TPSA) is 12.9 Å². The molecule has 0 aliphatic carbocycles. The number of benzene rings is 1. The molecule has 1 nitrogen and oxygen atoms in total. The van der Waals surface area contributed by atoms with E-state index < -0.39 is 0 Å². The number of rotatable bonds is 2. The molecule has 0 N–H and O–H groups in total. The molecular formula is C11H9Cl2NS2. The number of nitrogens with zero attached hydrogens (tertiary/aromatic N) is 1. The number of aryl methyl sites for hydroxylation is 1. The summed E-state index contributed by atoms with van der Waals surface area (Å²) in [5.41, 5.74) is 2.00. The molecule has 0 bridgehead atoms. The van der Waals surface area contributed by atoms with Crippen molar-refractivity contribution in [3.63, 3.8) is 0 Å². The number of halogens is 2. The normalized spacial score (nSPS) is 10.8. The van der Waals surface area contributed by atoms with Crippen molar-refractivity contribution in [2.75, 3.05) is 6.26 Å². The fourth-order valence-electron chi connectivity index (χ4n) is 1.35. The third-order valence-corrected chi connectivity index (χ3v) is 5.05. The van der Waals surface area contributed by atoms with E-state index >= 15 is 0 Å². The van der Waals surface area contributed by atoms with Crippen LogP contribution in [-0.2, 0) is 0 Å². The Labute approximate surface area is 113 Å². The van der Waals surface area contributed by atoms with Crippen LogP contribution in [0.15, 0.2) is 22.4 Å². The summed E-state index contributed by atoms with van der Waals surface area (Å²) in [5.74, 6) is 0. The molecule has 2 aromatic rings. The van der Waals surface area contributed by atoms with Crippen LogP contribution < -0.4 is 0 Å². The van der Waals surface area contributed by atoms with Gasteiger partial charge in [0, 0.05) is 10.6 Å². The highest BCUT2D eigenvalue weighted by atomic mass is 35.5. The summed E-state index contributed by atoms with van der Waals surface area (Å²) in [6.45, 7) is 2.01. The molecule has 0 spiro atoms. The maximum absolute atomic E-state index is 6.14. The van der Waals surface area contributed by atoms with Crippen LogP contribution >= 0.6 is 46.3 Å². The van der Waals surface area contributed by atoms with Gasteiger partial charge < -0.3 is 0 Å². The quantitative estimate of drug-likeness (QED) is 0.710. The molecule has 1 aromatic carbocycles. The average molecular weight is 290 g/mol. The van der Waals surface area contributed by atoms with Gasteiger partial charge in [0.25, 0.3) is 0 Å². The molecule has 1 heterocycles. The lowest BCUT2D eigenvalue weighted by Crippen LogP contribution is -1.79. The molecule has 0 radical (unpaired) electrons. The molecule has 84 valence electrons. The van der Waals surface area contributed by atoms with Gasteiger partial charge >= 0.3 is 0 Å². The number of hydrogen-bond donors (Lipinski definition) is 0. The Morgan fingerprint density at radius 3 is 2.62 bits per heavy atom. The van der Waals surface area contributed by atoms with E-state index in [1.54, 1.807) is 29.2 Å². The van der Waals surface area contributed by atoms with Gasteiger partial charge in [-0.25, -0.2) is 4.98 Å². The van der Waals surface area contributed by atoms with Gasteiger partial charge in [-0.05, 0) is 31.4 Å². The summed E-state index contributed by atoms with van der Waals surface area (Å²) in [4.78, 5) is 4.51. The monoisotopic (exact) mass is 289 g/mol. The zero-order valence-corrected chi connectivity index (χ0v) is 11.9. The molecule has 0 aliphatic heterocycles. The molecule has 2 rings (SSSR count). The standard InChI is InChI=1S/C11H9Cl2NS2/c1-6-11(15-2)16-10(14-6)8-4-3-7(12)5-9(8)13/h3-5H,1-2H3. The third kappa shape index (κ3) is 2.38. The van der Waals surface area contributed by atoms with E-state index in [2.05, 4.69) is 4.98 Å². The molecule has 0 saturated carbocycles. The first-order valence-corrected chi connectivity index (χ1v) is 7.38. The Balaban J connectivity index is 2.50. The fourth-order valence-corrected chi connectivity index (χ4v) is 3.65. The summed E-state index contributed by atoms with van der Waals surface area (Å²) in [7, 11) is 0. The molecule has 0 unspecified atom stereocenters. The predicted molar refractivity (Wildman–Crippen MR) is 74.1 cm³/mol. The van der Waals surface area contributed by atoms with Crippen molar-refractivity contribution >= 4 is 46.3 Å². The van der Waals surface area contributed by atoms with Crippen LogP contribution in [0.5, 0.6) is 0 Å². The van der Waals surface area contributed by atoms with Crippen molar-refractivity contribution in [3.05, 3.63) is 33.9 Å². The van der Waals surface area contributed by atoms with Crippen LogP contribution in [0.3, 0.4) is 0 Å². The van der Waals surface area contributed by atoms with E-state index in [0.29, 0.717) is 10.0 Å². The highest BCUT2D eigenvalue weighted by Gasteiger charge is 2.11. The summed E-state index contributed by atoms with van der Waals surface area (Å²) in [6, 6.07) is 5.49. The summed E-state index contributed by atoms with van der Waals surface area (Å²) in [6.07, 6.45) is 2.05. The molecular weight excluding hydrogens is 281 g/mol. The lowest BCUT2D eigenvalue weighted by atomic mass is 10.2. The number of thioether (sulfide) groups is 1. The molecule has 5 heteroatoms. The van der Waals surface area contributed by atoms with Gasteiger partial charge in [-0.2, -0.15) is 0 Å². The second kappa shape index (κ2) is 4.96. The molecule has 16 heavy (non-hydrogen) atoms. The molecule has 0 amide bonds. The Morgan fingerprint density at radius 1 is 1.31 bits per heavy atom. The van der Waals surface area contributed by atoms with Gasteiger partial charge in [-0.1, -0.05) is 23.2 Å². The van der Waals surface area contributed by atoms with Crippen molar-refractivity contribution in [1.29, 1.82) is 0 Å². The Morgan fingerprint density at radius 2 is 2.06 bits per heavy atom. The van der Waals surface area contributed by atoms with E-state index in [1.807, 2.05) is 25.3 Å². The molecule has 0 aliphatic rings. The van der Waals surface area contributed by atoms with Crippen molar-refractivity contribution in [2.45, 2.75) is 11.1 Å². The zero-order valence-electron chi connectivity index (χ0n) is 8.75. The van der Waals surface area contributed by atoms with Crippen LogP contribution in [0.1, 0.15) is 5.69 Å². The van der Waals surface area contributed by atoms with Gasteiger partial charge in [-0.3, -0.25) is 0 Å². The minimum absolute atomic E-state index is 0.645. The number of aromatic nitrogens is 1. The van der Waals surface area contributed by atoms with Gasteiger partial charge in [0.05, 0.1) is 14.9 Å². The zero-order chi connectivity index (χ0) is 11.7. The summed E-state index contributed by atoms with van der Waals surface area (Å²) < 4.78 is 1.22. The van der Waals surface area contributed by atoms with Crippen LogP contribution in [0, 0.1) is 6.92 Å². The van der Waals surface area contributed by atoms with E-state index in [4.69, 9.17) is 23.2 Å². The lowest BCUT2D eigenvalue weighted by molar-refractivity contribution is 1.21. The average Bonchev–Trinajstić information content (AvgIpc) is 2.59. The Bertz CT molecular complexity index is 523. The summed E-state index contributed by atoms with van der Waals surface area (Å²) in [5, 5.41) is 2.24. The fraction of sp³-hybridized carbons (Fsp3) is 0.182. The second-order valence-corrected chi connectivity index (χ2v) is 6.14. The number of thiazole rings is 1. The first-order valence-electron chi connectivity index (χ1n) is 4.58. The predicted octanol–water partition coefficient (Wildman–Crippen LogP) is 5.15. The maximum Gasteiger partial charge on any atom is 0.126 e. The Kier molecular flexibility index (Phi) is 3.80. The van der Waals surface area contributed by atoms with Crippen molar-refractivity contribution < 1.29 is 0 Å². The third-order valence-electron chi connectivity index (χ3n) is 2.10. The van der Waals surface area contributed by atoms with Crippen LogP contribution in [0.25, 0.3) is 10.6 Å². The molecule has 1 aromatic heterocycles. The van der Waals surface area contributed by atoms with Crippen LogP contribution in [-0.4, -0.2) is 11.2 Å². The van der Waals surface area contributed by atoms with E-state index in [9.17, 15) is 0 Å². The minimum Gasteiger partial charge on any atom is -0.240 e. The van der Waals surface area contributed by atoms with Crippen molar-refractivity contribution in [1.82, 2.24) is 4.98 Å². The van der Waals surface area contributed by atoms with Gasteiger partial charge in [-0.15, -0.1) is 23.1 Å². The van der Waals surface area contributed by atoms with Crippen molar-refractivity contribution in [2.24, 2.45) is 0 Å². The highest BCUT2D eigenvalue weighted by molar-refractivity contribution is 8.00. The summed E-state index contributed by atoms with van der Waals surface area (Å²) >= 11 is 15.4. The van der Waals surface area contributed by atoms with Crippen molar-refractivity contribution in [3.8, 4) is 10.6 Å². The number of hydrogen-bond acceptors (Lipinski definition) is 3. The second-order valence-electron chi connectivity index (χ2n) is 3.22. The molecule has 0 fully saturated rings. The molecule has 0 atom stereocenters. The largest absolute Gasteiger partial charge is 0.240 e. The first-order chi connectivity index (χ1) is 7.61. The maximum atomic E-state index is 6.14. The van der Waals surface area contributed by atoms with E-state index in [-0.39, 0.29) is 0 Å². The van der Waals surface area contributed by atoms with Crippen LogP contribution in [0.4, 0.5) is 0 Å². The van der Waals surface area contributed by atoms with Gasteiger partial charge in [0.1, 0.15) is 5.01 Å². The lowest BCUT2D eigenvalue weighted by Gasteiger charge is -1.99. The first kappa shape index (κ1) is 12.2. The van der Waals surface area contributed by atoms with Gasteiger partial charge in [0.2, 0.25) is 0 Å². The minimum atomic E-state index is 0.645. The Hall–Kier alpha value is -0.220. The molecule has 0 saturated heterocycles. The highest BCUT2D eigenvalue weighted by Crippen LogP contribution is 2.37. The smallest absolute Gasteiger partial charge is 0.126 e. The van der Waals surface area contributed by atoms with E-state index in [1.165, 1.54) is 4.21 Å². The van der Waals surface area contributed by atoms with E-state index in [0.717, 1.165) is 16.3 Å². The van der Waals surface area contributed by atoms with Crippen LogP contribution in [0.2, 0.25) is 10.0 Å². The van der Waals surface area contributed by atoms with Gasteiger partial charge in [0.15, 0.2) is 0 Å². The SMILES string of the molecule is CSc1sc(-c2ccc(Cl)cc2Cl)nc1C.